The number of non-ortho nitro benzene ring substituents is 1. The number of methoxy groups -OCH3 is 1. The molecular weight excluding hydrogens is 382 g/mol. The molecule has 1 aromatic heterocycles. The van der Waals surface area contributed by atoms with Gasteiger partial charge in [0, 0.05) is 17.8 Å². The number of thioether (sulfide) groups is 1. The van der Waals surface area contributed by atoms with E-state index in [2.05, 4.69) is 15.5 Å². The van der Waals surface area contributed by atoms with E-state index in [9.17, 15) is 14.9 Å². The number of nitro benzene ring substituents is 1. The summed E-state index contributed by atoms with van der Waals surface area (Å²) in [5, 5.41) is 21.7. The average molecular weight is 399 g/mol. The van der Waals surface area contributed by atoms with Gasteiger partial charge in [0.2, 0.25) is 5.91 Å². The van der Waals surface area contributed by atoms with Gasteiger partial charge in [0.25, 0.3) is 5.69 Å². The Kier molecular flexibility index (Phi) is 5.90. The predicted molar refractivity (Wildman–Crippen MR) is 105 cm³/mol. The summed E-state index contributed by atoms with van der Waals surface area (Å²) in [6, 6.07) is 13.5. The minimum Gasteiger partial charge on any atom is -0.495 e. The normalized spacial score (nSPS) is 11.6. The Morgan fingerprint density at radius 1 is 1.29 bits per heavy atom. The molecule has 1 heterocycles. The highest BCUT2D eigenvalue weighted by Crippen LogP contribution is 2.30. The molecule has 0 spiro atoms. The smallest absolute Gasteiger partial charge is 0.271 e. The maximum atomic E-state index is 12.6. The number of hydrogen-bond acceptors (Lipinski definition) is 7. The second kappa shape index (κ2) is 8.53. The summed E-state index contributed by atoms with van der Waals surface area (Å²) >= 11 is 1.23. The maximum Gasteiger partial charge on any atom is 0.271 e. The van der Waals surface area contributed by atoms with Crippen molar-refractivity contribution in [3.63, 3.8) is 0 Å². The van der Waals surface area contributed by atoms with Crippen molar-refractivity contribution in [3.05, 3.63) is 65.0 Å². The van der Waals surface area contributed by atoms with Gasteiger partial charge < -0.3 is 10.1 Å². The van der Waals surface area contributed by atoms with Crippen molar-refractivity contribution in [1.29, 1.82) is 0 Å². The Labute approximate surface area is 164 Å². The van der Waals surface area contributed by atoms with Crippen LogP contribution in [-0.2, 0) is 4.79 Å². The number of amides is 1. The molecule has 3 rings (SSSR count). The van der Waals surface area contributed by atoms with E-state index in [-0.39, 0.29) is 17.3 Å². The van der Waals surface area contributed by atoms with Crippen LogP contribution in [0.15, 0.2) is 60.0 Å². The van der Waals surface area contributed by atoms with Gasteiger partial charge in [0.05, 0.1) is 23.0 Å². The number of rotatable bonds is 7. The summed E-state index contributed by atoms with van der Waals surface area (Å²) in [4.78, 5) is 23.1. The summed E-state index contributed by atoms with van der Waals surface area (Å²) in [6.07, 6.45) is 1.58. The number of anilines is 1. The third-order valence-electron chi connectivity index (χ3n) is 3.85. The molecule has 3 aromatic rings. The topological polar surface area (TPSA) is 112 Å². The number of para-hydroxylation sites is 1. The summed E-state index contributed by atoms with van der Waals surface area (Å²) in [7, 11) is 1.43. The first kappa shape index (κ1) is 19.4. The monoisotopic (exact) mass is 399 g/mol. The van der Waals surface area contributed by atoms with E-state index in [1.54, 1.807) is 17.8 Å². The molecule has 0 aliphatic heterocycles. The van der Waals surface area contributed by atoms with Crippen LogP contribution in [0, 0.1) is 10.1 Å². The number of nitrogens with one attached hydrogen (secondary N) is 1. The molecule has 0 aliphatic carbocycles. The lowest BCUT2D eigenvalue weighted by Gasteiger charge is -2.14. The van der Waals surface area contributed by atoms with Crippen molar-refractivity contribution < 1.29 is 14.5 Å². The molecular formula is C18H17N5O4S. The number of ether oxygens (including phenoxy) is 1. The van der Waals surface area contributed by atoms with Gasteiger partial charge in [-0.25, -0.2) is 0 Å². The lowest BCUT2D eigenvalue weighted by atomic mass is 10.2. The lowest BCUT2D eigenvalue weighted by molar-refractivity contribution is -0.384. The van der Waals surface area contributed by atoms with Gasteiger partial charge in [0.1, 0.15) is 12.1 Å². The van der Waals surface area contributed by atoms with Crippen molar-refractivity contribution in [3.8, 4) is 11.4 Å². The van der Waals surface area contributed by atoms with E-state index in [0.717, 1.165) is 5.69 Å². The quantitative estimate of drug-likeness (QED) is 0.368. The molecule has 2 aromatic carbocycles. The van der Waals surface area contributed by atoms with Crippen LogP contribution in [0.2, 0.25) is 0 Å². The zero-order valence-electron chi connectivity index (χ0n) is 15.1. The van der Waals surface area contributed by atoms with Crippen molar-refractivity contribution in [2.24, 2.45) is 0 Å². The standard InChI is InChI=1S/C18H17N5O4S/c1-12(28-18-21-19-11-22(18)13-6-4-3-5-7-13)17(24)20-15-10-14(23(25)26)8-9-16(15)27-2/h3-12H,1-2H3,(H,20,24)/t12-/m0/s1. The lowest BCUT2D eigenvalue weighted by Crippen LogP contribution is -2.23. The van der Waals surface area contributed by atoms with Crippen molar-refractivity contribution in [2.75, 3.05) is 12.4 Å². The largest absolute Gasteiger partial charge is 0.495 e. The summed E-state index contributed by atoms with van der Waals surface area (Å²) in [5.41, 5.74) is 0.974. The van der Waals surface area contributed by atoms with Crippen LogP contribution >= 0.6 is 11.8 Å². The Hall–Kier alpha value is -3.40. The molecule has 0 bridgehead atoms. The molecule has 10 heteroatoms. The van der Waals surface area contributed by atoms with Crippen LogP contribution in [0.4, 0.5) is 11.4 Å². The Balaban J connectivity index is 1.76. The molecule has 0 unspecified atom stereocenters. The molecule has 1 N–H and O–H groups in total. The predicted octanol–water partition coefficient (Wildman–Crippen LogP) is 3.30. The fourth-order valence-corrected chi connectivity index (χ4v) is 3.27. The van der Waals surface area contributed by atoms with Crippen LogP contribution < -0.4 is 10.1 Å². The molecule has 0 radical (unpaired) electrons. The first-order chi connectivity index (χ1) is 13.5. The molecule has 0 saturated carbocycles. The number of hydrogen-bond donors (Lipinski definition) is 1. The average Bonchev–Trinajstić information content (AvgIpc) is 3.16. The van der Waals surface area contributed by atoms with Crippen molar-refractivity contribution in [2.45, 2.75) is 17.3 Å². The highest BCUT2D eigenvalue weighted by Gasteiger charge is 2.21. The summed E-state index contributed by atoms with van der Waals surface area (Å²) in [5.74, 6) is -0.00462. The van der Waals surface area contributed by atoms with Crippen LogP contribution in [-0.4, -0.2) is 38.0 Å². The van der Waals surface area contributed by atoms with Crippen LogP contribution in [0.3, 0.4) is 0 Å². The third kappa shape index (κ3) is 4.29. The maximum absolute atomic E-state index is 12.6. The second-order valence-electron chi connectivity index (χ2n) is 5.71. The number of aromatic nitrogens is 3. The molecule has 0 saturated heterocycles. The highest BCUT2D eigenvalue weighted by atomic mass is 32.2. The van der Waals surface area contributed by atoms with E-state index < -0.39 is 10.2 Å². The van der Waals surface area contributed by atoms with Gasteiger partial charge in [-0.15, -0.1) is 10.2 Å². The summed E-state index contributed by atoms with van der Waals surface area (Å²) < 4.78 is 6.95. The van der Waals surface area contributed by atoms with Crippen LogP contribution in [0.25, 0.3) is 5.69 Å². The van der Waals surface area contributed by atoms with Crippen molar-refractivity contribution >= 4 is 29.0 Å². The number of carbonyl (C=O) groups excluding carboxylic acids is 1. The fraction of sp³-hybridized carbons (Fsp3) is 0.167. The van der Waals surface area contributed by atoms with E-state index in [1.165, 1.54) is 37.1 Å². The van der Waals surface area contributed by atoms with E-state index in [1.807, 2.05) is 30.3 Å². The van der Waals surface area contributed by atoms with Crippen molar-refractivity contribution in [1.82, 2.24) is 14.8 Å². The van der Waals surface area contributed by atoms with E-state index >= 15 is 0 Å². The Bertz CT molecular complexity index is 993. The van der Waals surface area contributed by atoms with E-state index in [4.69, 9.17) is 4.74 Å². The minimum absolute atomic E-state index is 0.139. The van der Waals surface area contributed by atoms with Crippen LogP contribution in [0.1, 0.15) is 6.92 Å². The Morgan fingerprint density at radius 2 is 2.04 bits per heavy atom. The number of carbonyl (C=O) groups is 1. The van der Waals surface area contributed by atoms with Crippen LogP contribution in [0.5, 0.6) is 5.75 Å². The van der Waals surface area contributed by atoms with Gasteiger partial charge >= 0.3 is 0 Å². The third-order valence-corrected chi connectivity index (χ3v) is 4.91. The molecule has 1 atom stereocenters. The highest BCUT2D eigenvalue weighted by molar-refractivity contribution is 8.00. The fourth-order valence-electron chi connectivity index (χ4n) is 2.42. The van der Waals surface area contributed by atoms with E-state index in [0.29, 0.717) is 10.9 Å². The molecule has 144 valence electrons. The molecule has 0 aliphatic rings. The molecule has 28 heavy (non-hydrogen) atoms. The van der Waals surface area contributed by atoms with Gasteiger partial charge in [-0.2, -0.15) is 0 Å². The van der Waals surface area contributed by atoms with Gasteiger partial charge in [0.15, 0.2) is 5.16 Å². The number of nitro groups is 1. The first-order valence-corrected chi connectivity index (χ1v) is 9.13. The number of benzene rings is 2. The van der Waals surface area contributed by atoms with Gasteiger partial charge in [-0.3, -0.25) is 19.5 Å². The molecule has 1 amide bonds. The zero-order valence-corrected chi connectivity index (χ0v) is 15.9. The second-order valence-corrected chi connectivity index (χ2v) is 7.02. The minimum atomic E-state index is -0.532. The zero-order chi connectivity index (χ0) is 20.1. The Morgan fingerprint density at radius 3 is 2.71 bits per heavy atom. The SMILES string of the molecule is COc1ccc([N+](=O)[O-])cc1NC(=O)[C@H](C)Sc1nncn1-c1ccccc1. The molecule has 9 nitrogen and oxygen atoms in total. The first-order valence-electron chi connectivity index (χ1n) is 8.25. The number of nitrogens with zero attached hydrogens (tertiary/aromatic N) is 4. The van der Waals surface area contributed by atoms with Gasteiger partial charge in [-0.05, 0) is 25.1 Å². The molecule has 0 fully saturated rings. The summed E-state index contributed by atoms with van der Waals surface area (Å²) in [6.45, 7) is 1.72. The van der Waals surface area contributed by atoms with Gasteiger partial charge in [-0.1, -0.05) is 30.0 Å².